The molecule has 96 valence electrons. The highest BCUT2D eigenvalue weighted by Gasteiger charge is 2.38. The van der Waals surface area contributed by atoms with Crippen molar-refractivity contribution in [2.45, 2.75) is 51.8 Å². The molecule has 0 bridgehead atoms. The van der Waals surface area contributed by atoms with Crippen LogP contribution >= 0.6 is 22.9 Å². The Balaban J connectivity index is 2.04. The van der Waals surface area contributed by atoms with Gasteiger partial charge < -0.3 is 0 Å². The molecular weight excluding hydrogens is 250 g/mol. The van der Waals surface area contributed by atoms with E-state index < -0.39 is 0 Å². The molecular formula is C14H22ClNS. The zero-order valence-corrected chi connectivity index (χ0v) is 12.5. The van der Waals surface area contributed by atoms with Crippen LogP contribution in [-0.4, -0.2) is 10.4 Å². The fourth-order valence-electron chi connectivity index (χ4n) is 3.10. The summed E-state index contributed by atoms with van der Waals surface area (Å²) in [5, 5.41) is 0.349. The van der Waals surface area contributed by atoms with Crippen LogP contribution in [0.3, 0.4) is 0 Å². The van der Waals surface area contributed by atoms with E-state index in [4.69, 9.17) is 11.6 Å². The summed E-state index contributed by atoms with van der Waals surface area (Å²) in [4.78, 5) is 5.55. The van der Waals surface area contributed by atoms with E-state index in [1.165, 1.54) is 24.1 Å². The van der Waals surface area contributed by atoms with Gasteiger partial charge in [-0.25, -0.2) is 0 Å². The Morgan fingerprint density at radius 2 is 2.24 bits per heavy atom. The molecule has 1 fully saturated rings. The fraction of sp³-hybridized carbons (Fsp3) is 0.786. The Morgan fingerprint density at radius 1 is 1.47 bits per heavy atom. The maximum absolute atomic E-state index is 6.59. The van der Waals surface area contributed by atoms with E-state index in [-0.39, 0.29) is 0 Å². The Hall–Kier alpha value is -0.0800. The van der Waals surface area contributed by atoms with Gasteiger partial charge in [0.05, 0.1) is 5.51 Å². The molecule has 17 heavy (non-hydrogen) atoms. The molecule has 0 N–H and O–H groups in total. The molecule has 0 spiro atoms. The van der Waals surface area contributed by atoms with Crippen LogP contribution in [0.15, 0.2) is 11.7 Å². The lowest BCUT2D eigenvalue weighted by Crippen LogP contribution is -2.37. The summed E-state index contributed by atoms with van der Waals surface area (Å²) in [6.07, 6.45) is 6.90. The quantitative estimate of drug-likeness (QED) is 0.723. The fourth-order valence-corrected chi connectivity index (χ4v) is 4.71. The monoisotopic (exact) mass is 271 g/mol. The number of hydrogen-bond donors (Lipinski definition) is 0. The minimum absolute atomic E-state index is 0.291. The smallest absolute Gasteiger partial charge is 0.0794 e. The zero-order valence-electron chi connectivity index (χ0n) is 10.9. The third kappa shape index (κ3) is 3.23. The van der Waals surface area contributed by atoms with Crippen molar-refractivity contribution in [2.75, 3.05) is 0 Å². The van der Waals surface area contributed by atoms with Gasteiger partial charge in [0.1, 0.15) is 0 Å². The summed E-state index contributed by atoms with van der Waals surface area (Å²) >= 11 is 8.35. The van der Waals surface area contributed by atoms with Gasteiger partial charge in [-0.2, -0.15) is 0 Å². The second-order valence-corrected chi connectivity index (χ2v) is 7.71. The summed E-state index contributed by atoms with van der Waals surface area (Å²) < 4.78 is 0. The van der Waals surface area contributed by atoms with Crippen LogP contribution in [0.4, 0.5) is 0 Å². The van der Waals surface area contributed by atoms with Crippen molar-refractivity contribution in [3.63, 3.8) is 0 Å². The molecule has 0 radical (unpaired) electrons. The van der Waals surface area contributed by atoms with E-state index in [2.05, 4.69) is 25.8 Å². The van der Waals surface area contributed by atoms with Crippen LogP contribution in [0.2, 0.25) is 0 Å². The van der Waals surface area contributed by atoms with Crippen molar-refractivity contribution in [1.82, 2.24) is 4.98 Å². The molecule has 0 aromatic carbocycles. The van der Waals surface area contributed by atoms with Gasteiger partial charge in [0.2, 0.25) is 0 Å². The largest absolute Gasteiger partial charge is 0.253 e. The van der Waals surface area contributed by atoms with Gasteiger partial charge >= 0.3 is 0 Å². The Kier molecular flexibility index (Phi) is 4.14. The zero-order chi connectivity index (χ0) is 12.5. The number of rotatable bonds is 3. The number of alkyl halides is 1. The highest BCUT2D eigenvalue weighted by molar-refractivity contribution is 7.09. The summed E-state index contributed by atoms with van der Waals surface area (Å²) in [6, 6.07) is 0. The molecule has 1 aromatic heterocycles. The first-order valence-electron chi connectivity index (χ1n) is 6.50. The summed E-state index contributed by atoms with van der Waals surface area (Å²) in [6.45, 7) is 7.05. The first-order chi connectivity index (χ1) is 7.99. The lowest BCUT2D eigenvalue weighted by Gasteiger charge is -2.41. The first-order valence-corrected chi connectivity index (χ1v) is 7.82. The molecule has 0 aliphatic heterocycles. The van der Waals surface area contributed by atoms with Gasteiger partial charge in [-0.1, -0.05) is 27.2 Å². The van der Waals surface area contributed by atoms with Gasteiger partial charge in [-0.05, 0) is 36.5 Å². The number of nitrogens with zero attached hydrogens (tertiary/aromatic N) is 1. The summed E-state index contributed by atoms with van der Waals surface area (Å²) in [7, 11) is 0. The van der Waals surface area contributed by atoms with E-state index in [0.29, 0.717) is 16.7 Å². The molecule has 1 aliphatic rings. The van der Waals surface area contributed by atoms with Gasteiger partial charge in [0.15, 0.2) is 0 Å². The lowest BCUT2D eigenvalue weighted by molar-refractivity contribution is 0.142. The normalized spacial score (nSPS) is 30.5. The van der Waals surface area contributed by atoms with Crippen LogP contribution in [0.1, 0.15) is 44.9 Å². The molecule has 0 amide bonds. The number of hydrogen-bond acceptors (Lipinski definition) is 2. The average Bonchev–Trinajstić information content (AvgIpc) is 2.68. The highest BCUT2D eigenvalue weighted by Crippen LogP contribution is 2.44. The SMILES string of the molecule is CC1CCC(C(C)(C)Cc2cncs2)C(Cl)C1. The molecule has 3 unspecified atom stereocenters. The molecule has 2 rings (SSSR count). The molecule has 1 aliphatic carbocycles. The molecule has 0 saturated heterocycles. The predicted octanol–water partition coefficient (Wildman–Crippen LogP) is 4.76. The maximum atomic E-state index is 6.59. The van der Waals surface area contributed by atoms with E-state index >= 15 is 0 Å². The molecule has 1 aromatic rings. The van der Waals surface area contributed by atoms with Crippen LogP contribution < -0.4 is 0 Å². The van der Waals surface area contributed by atoms with Crippen molar-refractivity contribution < 1.29 is 0 Å². The van der Waals surface area contributed by atoms with Crippen LogP contribution in [0.25, 0.3) is 0 Å². The van der Waals surface area contributed by atoms with Gasteiger partial charge in [0.25, 0.3) is 0 Å². The molecule has 3 atom stereocenters. The van der Waals surface area contributed by atoms with Crippen LogP contribution in [0, 0.1) is 17.3 Å². The Morgan fingerprint density at radius 3 is 2.82 bits per heavy atom. The predicted molar refractivity (Wildman–Crippen MR) is 75.7 cm³/mol. The molecule has 1 saturated carbocycles. The minimum Gasteiger partial charge on any atom is -0.253 e. The third-order valence-corrected chi connectivity index (χ3v) is 5.41. The van der Waals surface area contributed by atoms with Crippen LogP contribution in [-0.2, 0) is 6.42 Å². The van der Waals surface area contributed by atoms with Gasteiger partial charge in [-0.3, -0.25) is 4.98 Å². The van der Waals surface area contributed by atoms with Gasteiger partial charge in [-0.15, -0.1) is 22.9 Å². The van der Waals surface area contributed by atoms with Crippen molar-refractivity contribution in [3.05, 3.63) is 16.6 Å². The maximum Gasteiger partial charge on any atom is 0.0794 e. The Labute approximate surface area is 114 Å². The third-order valence-electron chi connectivity index (χ3n) is 4.15. The Bertz CT molecular complexity index is 347. The van der Waals surface area contributed by atoms with Crippen molar-refractivity contribution in [1.29, 1.82) is 0 Å². The second-order valence-electron chi connectivity index (χ2n) is 6.17. The average molecular weight is 272 g/mol. The van der Waals surface area contributed by atoms with Crippen molar-refractivity contribution >= 4 is 22.9 Å². The summed E-state index contributed by atoms with van der Waals surface area (Å²) in [5.74, 6) is 1.44. The molecule has 1 nitrogen and oxygen atoms in total. The molecule has 1 heterocycles. The standard InChI is InChI=1S/C14H22ClNS/c1-10-4-5-12(13(15)6-10)14(2,3)7-11-8-16-9-17-11/h8-10,12-13H,4-7H2,1-3H3. The van der Waals surface area contributed by atoms with Crippen molar-refractivity contribution in [2.24, 2.45) is 17.3 Å². The number of halogens is 1. The number of thiazole rings is 1. The number of aromatic nitrogens is 1. The lowest BCUT2D eigenvalue weighted by atomic mass is 9.67. The summed E-state index contributed by atoms with van der Waals surface area (Å²) in [5.41, 5.74) is 2.21. The second kappa shape index (κ2) is 5.27. The topological polar surface area (TPSA) is 12.9 Å². The van der Waals surface area contributed by atoms with Crippen molar-refractivity contribution in [3.8, 4) is 0 Å². The van der Waals surface area contributed by atoms with E-state index in [1.807, 2.05) is 11.7 Å². The van der Waals surface area contributed by atoms with Gasteiger partial charge in [0, 0.05) is 16.5 Å². The first kappa shape index (κ1) is 13.4. The molecule has 3 heteroatoms. The van der Waals surface area contributed by atoms with Crippen LogP contribution in [0.5, 0.6) is 0 Å². The van der Waals surface area contributed by atoms with E-state index in [9.17, 15) is 0 Å². The minimum atomic E-state index is 0.291. The van der Waals surface area contributed by atoms with E-state index in [1.54, 1.807) is 11.3 Å². The highest BCUT2D eigenvalue weighted by atomic mass is 35.5. The van der Waals surface area contributed by atoms with E-state index in [0.717, 1.165) is 12.3 Å².